The molecule has 0 saturated carbocycles. The highest BCUT2D eigenvalue weighted by Crippen LogP contribution is 2.11. The molecule has 0 bridgehead atoms. The quantitative estimate of drug-likeness (QED) is 0.419. The Morgan fingerprint density at radius 1 is 1.26 bits per heavy atom. The fourth-order valence-electron chi connectivity index (χ4n) is 2.15. The highest BCUT2D eigenvalue weighted by molar-refractivity contribution is 14.0. The highest BCUT2D eigenvalue weighted by atomic mass is 127. The lowest BCUT2D eigenvalue weighted by Crippen LogP contribution is -2.39. The predicted molar refractivity (Wildman–Crippen MR) is 109 cm³/mol. The second kappa shape index (κ2) is 10.5. The predicted octanol–water partition coefficient (Wildman–Crippen LogP) is 3.62. The summed E-state index contributed by atoms with van der Waals surface area (Å²) in [5.41, 5.74) is 1.20. The van der Waals surface area contributed by atoms with Crippen LogP contribution in [0.15, 0.2) is 46.8 Å². The minimum Gasteiger partial charge on any atom is -0.497 e. The first-order chi connectivity index (χ1) is 10.7. The second-order valence-electron chi connectivity index (χ2n) is 5.00. The summed E-state index contributed by atoms with van der Waals surface area (Å²) in [4.78, 5) is 7.90. The number of methoxy groups -OCH3 is 1. The van der Waals surface area contributed by atoms with Gasteiger partial charge in [0.15, 0.2) is 5.96 Å². The zero-order valence-corrected chi connectivity index (χ0v) is 16.9. The molecule has 0 atom stereocenters. The molecule has 1 aromatic carbocycles. The third-order valence-electron chi connectivity index (χ3n) is 3.46. The maximum atomic E-state index is 5.17. The molecule has 1 aromatic heterocycles. The van der Waals surface area contributed by atoms with Gasteiger partial charge >= 0.3 is 0 Å². The molecular formula is C17H24IN3OS. The van der Waals surface area contributed by atoms with E-state index in [2.05, 4.69) is 51.9 Å². The molecule has 0 aliphatic heterocycles. The topological polar surface area (TPSA) is 36.9 Å². The van der Waals surface area contributed by atoms with E-state index in [9.17, 15) is 0 Å². The molecule has 0 amide bonds. The Bertz CT molecular complexity index is 584. The number of thiophene rings is 1. The van der Waals surface area contributed by atoms with Gasteiger partial charge in [0.05, 0.1) is 7.11 Å². The van der Waals surface area contributed by atoms with Crippen molar-refractivity contribution in [2.45, 2.75) is 13.0 Å². The van der Waals surface area contributed by atoms with Gasteiger partial charge in [-0.2, -0.15) is 0 Å². The molecule has 0 fully saturated rings. The van der Waals surface area contributed by atoms with Crippen molar-refractivity contribution in [2.75, 3.05) is 27.7 Å². The van der Waals surface area contributed by atoms with Crippen LogP contribution in [0.25, 0.3) is 0 Å². The van der Waals surface area contributed by atoms with E-state index in [1.165, 1.54) is 10.4 Å². The standard InChI is InChI=1S/C17H23N3OS.HI/c1-18-17(20(2)11-10-16-5-4-12-22-16)19-13-14-6-8-15(21-3)9-7-14;/h4-9,12H,10-11,13H2,1-3H3,(H,18,19);1H. The van der Waals surface area contributed by atoms with Gasteiger partial charge in [-0.25, -0.2) is 0 Å². The molecule has 6 heteroatoms. The summed E-state index contributed by atoms with van der Waals surface area (Å²) in [5, 5.41) is 5.51. The number of nitrogens with one attached hydrogen (secondary N) is 1. The minimum absolute atomic E-state index is 0. The summed E-state index contributed by atoms with van der Waals surface area (Å²) in [6.45, 7) is 1.70. The van der Waals surface area contributed by atoms with Gasteiger partial charge in [0.25, 0.3) is 0 Å². The fraction of sp³-hybridized carbons (Fsp3) is 0.353. The lowest BCUT2D eigenvalue weighted by Gasteiger charge is -2.22. The van der Waals surface area contributed by atoms with Crippen LogP contribution in [0.4, 0.5) is 0 Å². The molecule has 0 unspecified atom stereocenters. The van der Waals surface area contributed by atoms with Gasteiger partial charge < -0.3 is 15.0 Å². The average Bonchev–Trinajstić information content (AvgIpc) is 3.07. The van der Waals surface area contributed by atoms with E-state index in [1.807, 2.05) is 19.2 Å². The molecule has 0 spiro atoms. The third-order valence-corrected chi connectivity index (χ3v) is 4.39. The number of hydrogen-bond donors (Lipinski definition) is 1. The Kier molecular flexibility index (Phi) is 9.01. The number of rotatable bonds is 6. The molecule has 23 heavy (non-hydrogen) atoms. The largest absolute Gasteiger partial charge is 0.497 e. The molecule has 0 aliphatic rings. The molecule has 0 radical (unpaired) electrons. The molecule has 0 aliphatic carbocycles. The lowest BCUT2D eigenvalue weighted by molar-refractivity contribution is 0.414. The average molecular weight is 445 g/mol. The number of likely N-dealkylation sites (N-methyl/N-ethyl adjacent to an activating group) is 1. The summed E-state index contributed by atoms with van der Waals surface area (Å²) >= 11 is 1.80. The summed E-state index contributed by atoms with van der Waals surface area (Å²) < 4.78 is 5.17. The zero-order valence-electron chi connectivity index (χ0n) is 13.8. The van der Waals surface area contributed by atoms with Gasteiger partial charge in [-0.1, -0.05) is 18.2 Å². The monoisotopic (exact) mass is 445 g/mol. The van der Waals surface area contributed by atoms with Crippen molar-refractivity contribution in [3.8, 4) is 5.75 Å². The van der Waals surface area contributed by atoms with Crippen LogP contribution in [0.1, 0.15) is 10.4 Å². The van der Waals surface area contributed by atoms with E-state index >= 15 is 0 Å². The SMILES string of the molecule is CN=C(NCc1ccc(OC)cc1)N(C)CCc1cccs1.I. The zero-order chi connectivity index (χ0) is 15.8. The molecule has 1 N–H and O–H groups in total. The van der Waals surface area contributed by atoms with E-state index in [0.29, 0.717) is 0 Å². The summed E-state index contributed by atoms with van der Waals surface area (Å²) in [5.74, 6) is 1.79. The number of benzene rings is 1. The Morgan fingerprint density at radius 3 is 2.57 bits per heavy atom. The van der Waals surface area contributed by atoms with Crippen LogP contribution in [0, 0.1) is 0 Å². The molecule has 126 valence electrons. The number of aliphatic imine (C=N–C) groups is 1. The summed E-state index contributed by atoms with van der Waals surface area (Å²) in [6, 6.07) is 12.3. The number of halogens is 1. The molecular weight excluding hydrogens is 421 g/mol. The van der Waals surface area contributed by atoms with Crippen molar-refractivity contribution in [3.63, 3.8) is 0 Å². The summed E-state index contributed by atoms with van der Waals surface area (Å²) in [6.07, 6.45) is 1.04. The number of nitrogens with zero attached hydrogens (tertiary/aromatic N) is 2. The van der Waals surface area contributed by atoms with Gasteiger partial charge in [-0.3, -0.25) is 4.99 Å². The van der Waals surface area contributed by atoms with Gasteiger partial charge in [-0.15, -0.1) is 35.3 Å². The van der Waals surface area contributed by atoms with E-state index in [0.717, 1.165) is 31.2 Å². The van der Waals surface area contributed by atoms with Crippen molar-refractivity contribution in [2.24, 2.45) is 4.99 Å². The van der Waals surface area contributed by atoms with Crippen LogP contribution in [0.2, 0.25) is 0 Å². The van der Waals surface area contributed by atoms with Crippen LogP contribution >= 0.6 is 35.3 Å². The van der Waals surface area contributed by atoms with E-state index in [-0.39, 0.29) is 24.0 Å². The van der Waals surface area contributed by atoms with Crippen LogP contribution in [0.5, 0.6) is 5.75 Å². The van der Waals surface area contributed by atoms with Crippen molar-refractivity contribution in [1.29, 1.82) is 0 Å². The van der Waals surface area contributed by atoms with Gasteiger partial charge in [0, 0.05) is 32.1 Å². The molecule has 2 aromatic rings. The number of ether oxygens (including phenoxy) is 1. The number of guanidine groups is 1. The number of hydrogen-bond acceptors (Lipinski definition) is 3. The maximum absolute atomic E-state index is 5.17. The van der Waals surface area contributed by atoms with Crippen LogP contribution < -0.4 is 10.1 Å². The van der Waals surface area contributed by atoms with E-state index in [1.54, 1.807) is 18.4 Å². The van der Waals surface area contributed by atoms with Gasteiger partial charge in [0.1, 0.15) is 5.75 Å². The van der Waals surface area contributed by atoms with Crippen molar-refractivity contribution >= 4 is 41.3 Å². The molecule has 2 rings (SSSR count). The lowest BCUT2D eigenvalue weighted by atomic mass is 10.2. The normalized spacial score (nSPS) is 10.8. The van der Waals surface area contributed by atoms with Gasteiger partial charge in [-0.05, 0) is 35.6 Å². The molecule has 4 nitrogen and oxygen atoms in total. The van der Waals surface area contributed by atoms with Crippen LogP contribution in [0.3, 0.4) is 0 Å². The Hall–Kier alpha value is -1.28. The van der Waals surface area contributed by atoms with Crippen molar-refractivity contribution in [1.82, 2.24) is 10.2 Å². The first kappa shape index (κ1) is 19.8. The molecule has 1 heterocycles. The van der Waals surface area contributed by atoms with Crippen molar-refractivity contribution in [3.05, 3.63) is 52.2 Å². The first-order valence-electron chi connectivity index (χ1n) is 7.30. The van der Waals surface area contributed by atoms with Gasteiger partial charge in [0.2, 0.25) is 0 Å². The smallest absolute Gasteiger partial charge is 0.193 e. The highest BCUT2D eigenvalue weighted by Gasteiger charge is 2.06. The minimum atomic E-state index is 0. The Morgan fingerprint density at radius 2 is 2.00 bits per heavy atom. The molecule has 0 saturated heterocycles. The van der Waals surface area contributed by atoms with Crippen LogP contribution in [-0.4, -0.2) is 38.6 Å². The van der Waals surface area contributed by atoms with Crippen molar-refractivity contribution < 1.29 is 4.74 Å². The Labute approximate surface area is 159 Å². The maximum Gasteiger partial charge on any atom is 0.193 e. The first-order valence-corrected chi connectivity index (χ1v) is 8.18. The van der Waals surface area contributed by atoms with E-state index in [4.69, 9.17) is 4.74 Å². The third kappa shape index (κ3) is 6.39. The fourth-order valence-corrected chi connectivity index (χ4v) is 2.85. The Balaban J connectivity index is 0.00000264. The summed E-state index contributed by atoms with van der Waals surface area (Å²) in [7, 11) is 5.56. The van der Waals surface area contributed by atoms with E-state index < -0.39 is 0 Å². The second-order valence-corrected chi connectivity index (χ2v) is 6.03. The van der Waals surface area contributed by atoms with Crippen LogP contribution in [-0.2, 0) is 13.0 Å².